The number of alkyl carbamates (subject to hydrolysis) is 1. The molecule has 182 valence electrons. The molecule has 0 saturated heterocycles. The molecule has 3 rings (SSSR count). The van der Waals surface area contributed by atoms with E-state index >= 15 is 0 Å². The molecule has 1 unspecified atom stereocenters. The zero-order chi connectivity index (χ0) is 24.7. The lowest BCUT2D eigenvalue weighted by molar-refractivity contribution is -0.142. The van der Waals surface area contributed by atoms with E-state index < -0.39 is 30.1 Å². The second-order valence-corrected chi connectivity index (χ2v) is 8.83. The summed E-state index contributed by atoms with van der Waals surface area (Å²) in [5.41, 5.74) is 4.47. The molecule has 2 amide bonds. The number of ether oxygens (including phenoxy) is 1. The molecule has 0 aromatic heterocycles. The van der Waals surface area contributed by atoms with E-state index in [-0.39, 0.29) is 19.1 Å². The van der Waals surface area contributed by atoms with Crippen molar-refractivity contribution in [3.05, 3.63) is 59.7 Å². The van der Waals surface area contributed by atoms with Crippen LogP contribution >= 0.6 is 0 Å². The maximum Gasteiger partial charge on any atom is 0.407 e. The number of carboxylic acids is 1. The molecule has 0 aliphatic heterocycles. The van der Waals surface area contributed by atoms with Gasteiger partial charge in [-0.1, -0.05) is 68.3 Å². The summed E-state index contributed by atoms with van der Waals surface area (Å²) in [7, 11) is 3.46. The smallest absolute Gasteiger partial charge is 0.407 e. The average molecular weight is 468 g/mol. The molecule has 2 aromatic rings. The Morgan fingerprint density at radius 2 is 1.56 bits per heavy atom. The molecule has 0 radical (unpaired) electrons. The van der Waals surface area contributed by atoms with Crippen LogP contribution in [-0.2, 0) is 14.3 Å². The molecular formula is C26H33N3O5. The number of carboxylic acid groups (broad SMARTS) is 1. The van der Waals surface area contributed by atoms with E-state index in [0.717, 1.165) is 28.7 Å². The van der Waals surface area contributed by atoms with Gasteiger partial charge in [-0.15, -0.1) is 0 Å². The monoisotopic (exact) mass is 467 g/mol. The van der Waals surface area contributed by atoms with Crippen molar-refractivity contribution in [3.8, 4) is 11.1 Å². The molecule has 8 nitrogen and oxygen atoms in total. The zero-order valence-corrected chi connectivity index (χ0v) is 19.9. The van der Waals surface area contributed by atoms with Gasteiger partial charge >= 0.3 is 12.1 Å². The fourth-order valence-corrected chi connectivity index (χ4v) is 4.28. The summed E-state index contributed by atoms with van der Waals surface area (Å²) in [5, 5.41) is 14.6. The highest BCUT2D eigenvalue weighted by Crippen LogP contribution is 2.44. The van der Waals surface area contributed by atoms with Crippen LogP contribution in [0.3, 0.4) is 0 Å². The standard InChI is InChI=1S/C26H33N3O5/c1-4-5-14-22(24(30)27-23(25(31)32)15-29(2)3)28-26(33)34-16-21-19-12-8-6-10-17(19)18-11-7-9-13-20(18)21/h6-13,21-23H,4-5,14-16H2,1-3H3,(H,27,30)(H,28,33)(H,31,32)/t22-,23?/m0/s1. The van der Waals surface area contributed by atoms with Crippen LogP contribution in [-0.4, -0.2) is 67.3 Å². The number of nitrogens with zero attached hydrogens (tertiary/aromatic N) is 1. The molecule has 0 heterocycles. The molecule has 2 aromatic carbocycles. The van der Waals surface area contributed by atoms with Crippen LogP contribution < -0.4 is 10.6 Å². The van der Waals surface area contributed by atoms with E-state index in [9.17, 15) is 19.5 Å². The molecule has 0 saturated carbocycles. The molecule has 1 aliphatic rings. The van der Waals surface area contributed by atoms with Gasteiger partial charge < -0.3 is 25.4 Å². The van der Waals surface area contributed by atoms with Crippen molar-refractivity contribution < 1.29 is 24.2 Å². The van der Waals surface area contributed by atoms with Crippen LogP contribution in [0, 0.1) is 0 Å². The van der Waals surface area contributed by atoms with Gasteiger partial charge in [0, 0.05) is 12.5 Å². The molecule has 3 N–H and O–H groups in total. The minimum Gasteiger partial charge on any atom is -0.480 e. The third-order valence-corrected chi connectivity index (χ3v) is 5.96. The molecule has 8 heteroatoms. The first-order valence-corrected chi connectivity index (χ1v) is 11.6. The van der Waals surface area contributed by atoms with Gasteiger partial charge in [-0.05, 0) is 42.8 Å². The van der Waals surface area contributed by atoms with Crippen LogP contribution in [0.25, 0.3) is 11.1 Å². The highest BCUT2D eigenvalue weighted by molar-refractivity contribution is 5.89. The summed E-state index contributed by atoms with van der Waals surface area (Å²) >= 11 is 0. The predicted octanol–water partition coefficient (Wildman–Crippen LogP) is 3.21. The van der Waals surface area contributed by atoms with Crippen LogP contribution in [0.5, 0.6) is 0 Å². The molecule has 2 atom stereocenters. The number of likely N-dealkylation sites (N-methyl/N-ethyl adjacent to an activating group) is 1. The fraction of sp³-hybridized carbons (Fsp3) is 0.423. The Morgan fingerprint density at radius 3 is 2.09 bits per heavy atom. The first kappa shape index (κ1) is 25.2. The molecule has 34 heavy (non-hydrogen) atoms. The Labute approximate surface area is 200 Å². The van der Waals surface area contributed by atoms with Gasteiger partial charge in [0.15, 0.2) is 0 Å². The number of rotatable bonds is 11. The molecular weight excluding hydrogens is 434 g/mol. The second kappa shape index (κ2) is 11.7. The lowest BCUT2D eigenvalue weighted by Crippen LogP contribution is -2.54. The van der Waals surface area contributed by atoms with Gasteiger partial charge in [-0.2, -0.15) is 0 Å². The van der Waals surface area contributed by atoms with E-state index in [0.29, 0.717) is 12.8 Å². The topological polar surface area (TPSA) is 108 Å². The number of benzene rings is 2. The first-order chi connectivity index (χ1) is 16.3. The zero-order valence-electron chi connectivity index (χ0n) is 19.9. The van der Waals surface area contributed by atoms with E-state index in [1.54, 1.807) is 19.0 Å². The van der Waals surface area contributed by atoms with Crippen molar-refractivity contribution in [1.82, 2.24) is 15.5 Å². The predicted molar refractivity (Wildman–Crippen MR) is 130 cm³/mol. The van der Waals surface area contributed by atoms with Gasteiger partial charge in [-0.3, -0.25) is 4.79 Å². The lowest BCUT2D eigenvalue weighted by atomic mass is 9.98. The number of amides is 2. The SMILES string of the molecule is CCCC[C@H](NC(=O)OCC1c2ccccc2-c2ccccc21)C(=O)NC(CN(C)C)C(=O)O. The van der Waals surface area contributed by atoms with Crippen molar-refractivity contribution in [3.63, 3.8) is 0 Å². The van der Waals surface area contributed by atoms with Gasteiger partial charge in [0.25, 0.3) is 0 Å². The Bertz CT molecular complexity index is 978. The number of hydrogen-bond acceptors (Lipinski definition) is 5. The maximum atomic E-state index is 12.8. The van der Waals surface area contributed by atoms with Crippen molar-refractivity contribution in [1.29, 1.82) is 0 Å². The lowest BCUT2D eigenvalue weighted by Gasteiger charge is -2.23. The van der Waals surface area contributed by atoms with Crippen LogP contribution in [0.4, 0.5) is 4.79 Å². The quantitative estimate of drug-likeness (QED) is 0.468. The largest absolute Gasteiger partial charge is 0.480 e. The van der Waals surface area contributed by atoms with E-state index in [1.165, 1.54) is 0 Å². The van der Waals surface area contributed by atoms with Gasteiger partial charge in [-0.25, -0.2) is 9.59 Å². The summed E-state index contributed by atoms with van der Waals surface area (Å²) in [4.78, 5) is 38.7. The molecule has 0 fully saturated rings. The summed E-state index contributed by atoms with van der Waals surface area (Å²) in [6.07, 6.45) is 1.22. The second-order valence-electron chi connectivity index (χ2n) is 8.83. The third-order valence-electron chi connectivity index (χ3n) is 5.96. The average Bonchev–Trinajstić information content (AvgIpc) is 3.13. The molecule has 0 spiro atoms. The highest BCUT2D eigenvalue weighted by Gasteiger charge is 2.30. The summed E-state index contributed by atoms with van der Waals surface area (Å²) in [5.74, 6) is -1.74. The Hall–Kier alpha value is -3.39. The Morgan fingerprint density at radius 1 is 0.971 bits per heavy atom. The summed E-state index contributed by atoms with van der Waals surface area (Å²) in [6, 6.07) is 14.2. The Kier molecular flexibility index (Phi) is 8.65. The van der Waals surface area contributed by atoms with Crippen molar-refractivity contribution in [2.75, 3.05) is 27.2 Å². The number of nitrogens with one attached hydrogen (secondary N) is 2. The van der Waals surface area contributed by atoms with Crippen molar-refractivity contribution >= 4 is 18.0 Å². The van der Waals surface area contributed by atoms with Crippen LogP contribution in [0.1, 0.15) is 43.2 Å². The van der Waals surface area contributed by atoms with E-state index in [1.807, 2.05) is 43.3 Å². The van der Waals surface area contributed by atoms with Gasteiger partial charge in [0.2, 0.25) is 5.91 Å². The van der Waals surface area contributed by atoms with Crippen molar-refractivity contribution in [2.45, 2.75) is 44.2 Å². The maximum absolute atomic E-state index is 12.8. The first-order valence-electron chi connectivity index (χ1n) is 11.6. The number of hydrogen-bond donors (Lipinski definition) is 3. The normalized spacial score (nSPS) is 14.1. The number of fused-ring (bicyclic) bond motifs is 3. The number of carbonyl (C=O) groups excluding carboxylic acids is 2. The number of carbonyl (C=O) groups is 3. The minimum atomic E-state index is -1.13. The van der Waals surface area contributed by atoms with E-state index in [4.69, 9.17) is 4.74 Å². The number of unbranched alkanes of at least 4 members (excludes halogenated alkanes) is 1. The number of aliphatic carboxylic acids is 1. The highest BCUT2D eigenvalue weighted by atomic mass is 16.5. The molecule has 0 bridgehead atoms. The fourth-order valence-electron chi connectivity index (χ4n) is 4.28. The van der Waals surface area contributed by atoms with Gasteiger partial charge in [0.1, 0.15) is 18.7 Å². The van der Waals surface area contributed by atoms with Crippen LogP contribution in [0.2, 0.25) is 0 Å². The Balaban J connectivity index is 1.65. The molecule has 1 aliphatic carbocycles. The van der Waals surface area contributed by atoms with Crippen LogP contribution in [0.15, 0.2) is 48.5 Å². The summed E-state index contributed by atoms with van der Waals surface area (Å²) < 4.78 is 5.56. The van der Waals surface area contributed by atoms with Gasteiger partial charge in [0.05, 0.1) is 0 Å². The van der Waals surface area contributed by atoms with Crippen molar-refractivity contribution in [2.24, 2.45) is 0 Å². The van der Waals surface area contributed by atoms with E-state index in [2.05, 4.69) is 22.8 Å². The minimum absolute atomic E-state index is 0.0856. The third kappa shape index (κ3) is 6.14. The summed E-state index contributed by atoms with van der Waals surface area (Å²) in [6.45, 7) is 2.27.